The van der Waals surface area contributed by atoms with Crippen LogP contribution in [0, 0.1) is 10.1 Å². The summed E-state index contributed by atoms with van der Waals surface area (Å²) in [5, 5.41) is 22.6. The fourth-order valence-corrected chi connectivity index (χ4v) is 1.78. The Morgan fingerprint density at radius 3 is 2.33 bits per heavy atom. The van der Waals surface area contributed by atoms with E-state index < -0.39 is 10.9 Å². The molecule has 0 saturated carbocycles. The number of hydrogen-bond acceptors (Lipinski definition) is 5. The molecule has 21 heavy (non-hydrogen) atoms. The molecule has 2 N–H and O–H groups in total. The number of hydrogen-bond donors (Lipinski definition) is 2. The van der Waals surface area contributed by atoms with Gasteiger partial charge in [-0.3, -0.25) is 10.1 Å². The minimum Gasteiger partial charge on any atom is -0.496 e. The molecule has 2 rings (SSSR count). The lowest BCUT2D eigenvalue weighted by Crippen LogP contribution is -2.01. The molecule has 7 nitrogen and oxygen atoms in total. The van der Waals surface area contributed by atoms with Gasteiger partial charge in [0.1, 0.15) is 11.3 Å². The zero-order valence-corrected chi connectivity index (χ0v) is 11.1. The molecule has 0 aliphatic heterocycles. The standard InChI is InChI=1S/C14H12N2O5/c1-21-13-8-10(4-7-12(13)14(17)18)15-9-2-5-11(6-3-9)16(19)20/h2-8,15H,1H3,(H,17,18). The normalized spacial score (nSPS) is 9.95. The van der Waals surface area contributed by atoms with E-state index in [1.54, 1.807) is 24.3 Å². The van der Waals surface area contributed by atoms with Crippen molar-refractivity contribution in [2.45, 2.75) is 0 Å². The average Bonchev–Trinajstić information content (AvgIpc) is 2.47. The lowest BCUT2D eigenvalue weighted by molar-refractivity contribution is -0.384. The van der Waals surface area contributed by atoms with Crippen molar-refractivity contribution in [3.05, 3.63) is 58.1 Å². The Balaban J connectivity index is 2.23. The summed E-state index contributed by atoms with van der Waals surface area (Å²) in [6, 6.07) is 10.5. The fourth-order valence-electron chi connectivity index (χ4n) is 1.78. The van der Waals surface area contributed by atoms with Crippen LogP contribution in [0.15, 0.2) is 42.5 Å². The molecular weight excluding hydrogens is 276 g/mol. The van der Waals surface area contributed by atoms with Crippen LogP contribution in [0.5, 0.6) is 5.75 Å². The van der Waals surface area contributed by atoms with E-state index in [2.05, 4.69) is 5.32 Å². The quantitative estimate of drug-likeness (QED) is 0.647. The highest BCUT2D eigenvalue weighted by atomic mass is 16.6. The van der Waals surface area contributed by atoms with Gasteiger partial charge in [0, 0.05) is 29.6 Å². The largest absolute Gasteiger partial charge is 0.496 e. The summed E-state index contributed by atoms with van der Waals surface area (Å²) in [4.78, 5) is 21.1. The highest BCUT2D eigenvalue weighted by Gasteiger charge is 2.11. The number of methoxy groups -OCH3 is 1. The van der Waals surface area contributed by atoms with E-state index in [-0.39, 0.29) is 17.0 Å². The van der Waals surface area contributed by atoms with Crippen molar-refractivity contribution in [1.82, 2.24) is 0 Å². The van der Waals surface area contributed by atoms with Crippen molar-refractivity contribution >= 4 is 23.0 Å². The molecule has 0 saturated heterocycles. The molecular formula is C14H12N2O5. The van der Waals surface area contributed by atoms with Crippen LogP contribution in [-0.4, -0.2) is 23.1 Å². The van der Waals surface area contributed by atoms with Crippen LogP contribution in [-0.2, 0) is 0 Å². The molecule has 0 aliphatic carbocycles. The van der Waals surface area contributed by atoms with Crippen LogP contribution >= 0.6 is 0 Å². The summed E-state index contributed by atoms with van der Waals surface area (Å²) in [7, 11) is 1.39. The smallest absolute Gasteiger partial charge is 0.339 e. The second-order valence-electron chi connectivity index (χ2n) is 4.15. The third-order valence-electron chi connectivity index (χ3n) is 2.80. The van der Waals surface area contributed by atoms with Gasteiger partial charge in [0.2, 0.25) is 0 Å². The molecule has 0 bridgehead atoms. The highest BCUT2D eigenvalue weighted by Crippen LogP contribution is 2.26. The number of carboxylic acids is 1. The predicted octanol–water partition coefficient (Wildman–Crippen LogP) is 3.05. The summed E-state index contributed by atoms with van der Waals surface area (Å²) in [6.07, 6.45) is 0. The van der Waals surface area contributed by atoms with Crippen molar-refractivity contribution < 1.29 is 19.6 Å². The topological polar surface area (TPSA) is 102 Å². The maximum Gasteiger partial charge on any atom is 0.339 e. The minimum absolute atomic E-state index is 0.000597. The van der Waals surface area contributed by atoms with Gasteiger partial charge in [-0.2, -0.15) is 0 Å². The molecule has 0 heterocycles. The zero-order chi connectivity index (χ0) is 15.4. The molecule has 2 aromatic carbocycles. The monoisotopic (exact) mass is 288 g/mol. The summed E-state index contributed by atoms with van der Waals surface area (Å²) in [5.41, 5.74) is 1.32. The van der Waals surface area contributed by atoms with E-state index in [0.29, 0.717) is 11.4 Å². The van der Waals surface area contributed by atoms with Gasteiger partial charge in [-0.05, 0) is 24.3 Å². The van der Waals surface area contributed by atoms with Crippen LogP contribution in [0.4, 0.5) is 17.1 Å². The first-order chi connectivity index (χ1) is 10.0. The van der Waals surface area contributed by atoms with Gasteiger partial charge in [-0.15, -0.1) is 0 Å². The second-order valence-corrected chi connectivity index (χ2v) is 4.15. The molecule has 108 valence electrons. The third kappa shape index (κ3) is 3.27. The molecule has 0 amide bonds. The Morgan fingerprint density at radius 1 is 1.19 bits per heavy atom. The number of ether oxygens (including phenoxy) is 1. The van der Waals surface area contributed by atoms with E-state index in [0.717, 1.165) is 0 Å². The predicted molar refractivity (Wildman–Crippen MR) is 76.3 cm³/mol. The van der Waals surface area contributed by atoms with Gasteiger partial charge >= 0.3 is 5.97 Å². The Hall–Kier alpha value is -3.09. The molecule has 0 aromatic heterocycles. The maximum absolute atomic E-state index is 11.0. The number of carbonyl (C=O) groups is 1. The first kappa shape index (κ1) is 14.3. The Morgan fingerprint density at radius 2 is 1.81 bits per heavy atom. The summed E-state index contributed by atoms with van der Waals surface area (Å²) < 4.78 is 5.03. The van der Waals surface area contributed by atoms with Crippen molar-refractivity contribution in [3.63, 3.8) is 0 Å². The lowest BCUT2D eigenvalue weighted by Gasteiger charge is -2.10. The number of rotatable bonds is 5. The first-order valence-corrected chi connectivity index (χ1v) is 5.94. The number of aromatic carboxylic acids is 1. The van der Waals surface area contributed by atoms with Gasteiger partial charge < -0.3 is 15.2 Å². The Labute approximate surface area is 119 Å². The maximum atomic E-state index is 11.0. The van der Waals surface area contributed by atoms with Gasteiger partial charge in [0.05, 0.1) is 12.0 Å². The number of nitrogens with zero attached hydrogens (tertiary/aromatic N) is 1. The molecule has 0 spiro atoms. The second kappa shape index (κ2) is 5.91. The molecule has 0 fully saturated rings. The molecule has 0 unspecified atom stereocenters. The van der Waals surface area contributed by atoms with Gasteiger partial charge in [0.15, 0.2) is 0 Å². The molecule has 0 radical (unpaired) electrons. The number of nitro benzene ring substituents is 1. The number of benzene rings is 2. The molecule has 7 heteroatoms. The summed E-state index contributed by atoms with van der Waals surface area (Å²) >= 11 is 0. The summed E-state index contributed by atoms with van der Waals surface area (Å²) in [5.74, 6) is -0.844. The fraction of sp³-hybridized carbons (Fsp3) is 0.0714. The van der Waals surface area contributed by atoms with Gasteiger partial charge in [0.25, 0.3) is 5.69 Å². The van der Waals surface area contributed by atoms with E-state index in [1.807, 2.05) is 0 Å². The van der Waals surface area contributed by atoms with Crippen molar-refractivity contribution in [2.75, 3.05) is 12.4 Å². The zero-order valence-electron chi connectivity index (χ0n) is 11.1. The average molecular weight is 288 g/mol. The van der Waals surface area contributed by atoms with Crippen molar-refractivity contribution in [2.24, 2.45) is 0 Å². The molecule has 0 aliphatic rings. The Kier molecular flexibility index (Phi) is 4.03. The molecule has 2 aromatic rings. The van der Waals surface area contributed by atoms with Crippen LogP contribution in [0.2, 0.25) is 0 Å². The number of anilines is 2. The van der Waals surface area contributed by atoms with Gasteiger partial charge in [-0.1, -0.05) is 0 Å². The van der Waals surface area contributed by atoms with Crippen LogP contribution in [0.25, 0.3) is 0 Å². The first-order valence-electron chi connectivity index (χ1n) is 5.94. The van der Waals surface area contributed by atoms with Crippen molar-refractivity contribution in [1.29, 1.82) is 0 Å². The summed E-state index contributed by atoms with van der Waals surface area (Å²) in [6.45, 7) is 0. The van der Waals surface area contributed by atoms with E-state index >= 15 is 0 Å². The highest BCUT2D eigenvalue weighted by molar-refractivity contribution is 5.91. The van der Waals surface area contributed by atoms with E-state index in [4.69, 9.17) is 9.84 Å². The number of nitrogens with one attached hydrogen (secondary N) is 1. The number of carboxylic acid groups (broad SMARTS) is 1. The van der Waals surface area contributed by atoms with E-state index in [9.17, 15) is 14.9 Å². The Bertz CT molecular complexity index is 682. The van der Waals surface area contributed by atoms with Crippen LogP contribution in [0.1, 0.15) is 10.4 Å². The minimum atomic E-state index is -1.08. The SMILES string of the molecule is COc1cc(Nc2ccc([N+](=O)[O-])cc2)ccc1C(=O)O. The van der Waals surface area contributed by atoms with Crippen LogP contribution < -0.4 is 10.1 Å². The van der Waals surface area contributed by atoms with Gasteiger partial charge in [-0.25, -0.2) is 4.79 Å². The lowest BCUT2D eigenvalue weighted by atomic mass is 10.1. The third-order valence-corrected chi connectivity index (χ3v) is 2.80. The number of non-ortho nitro benzene ring substituents is 1. The van der Waals surface area contributed by atoms with Crippen molar-refractivity contribution in [3.8, 4) is 5.75 Å². The molecule has 0 atom stereocenters. The van der Waals surface area contributed by atoms with E-state index in [1.165, 1.54) is 25.3 Å². The van der Waals surface area contributed by atoms with Crippen LogP contribution in [0.3, 0.4) is 0 Å². The number of nitro groups is 1.